The highest BCUT2D eigenvalue weighted by atomic mass is 79.9. The molecule has 9 nitrogen and oxygen atoms in total. The first kappa shape index (κ1) is 26.3. The van der Waals surface area contributed by atoms with Gasteiger partial charge in [0.1, 0.15) is 11.4 Å². The fourth-order valence-corrected chi connectivity index (χ4v) is 4.74. The Kier molecular flexibility index (Phi) is 8.22. The molecule has 0 unspecified atom stereocenters. The number of imide groups is 2. The number of benzene rings is 2. The maximum absolute atomic E-state index is 13.2. The van der Waals surface area contributed by atoms with E-state index in [0.717, 1.165) is 24.2 Å². The van der Waals surface area contributed by atoms with E-state index in [1.807, 2.05) is 0 Å². The van der Waals surface area contributed by atoms with Gasteiger partial charge in [-0.05, 0) is 60.9 Å². The van der Waals surface area contributed by atoms with Crippen LogP contribution in [0.25, 0.3) is 6.08 Å². The molecule has 0 aromatic heterocycles. The van der Waals surface area contributed by atoms with Gasteiger partial charge in [-0.3, -0.25) is 24.6 Å². The van der Waals surface area contributed by atoms with Crippen LogP contribution in [-0.2, 0) is 14.4 Å². The number of amides is 5. The SMILES string of the molecule is COc1cc(C=C2C(=O)NC(=O)N(C3CCCCC3)C2=O)c(Br)cc1OCC(=O)Nc1ccc(F)cc1. The first-order valence-electron chi connectivity index (χ1n) is 11.7. The zero-order valence-corrected chi connectivity index (χ0v) is 21.6. The summed E-state index contributed by atoms with van der Waals surface area (Å²) < 4.78 is 24.5. The summed E-state index contributed by atoms with van der Waals surface area (Å²) in [5.74, 6) is -1.79. The van der Waals surface area contributed by atoms with Gasteiger partial charge in [-0.15, -0.1) is 0 Å². The van der Waals surface area contributed by atoms with Crippen LogP contribution in [-0.4, -0.2) is 48.4 Å². The molecule has 1 saturated heterocycles. The van der Waals surface area contributed by atoms with Crippen molar-refractivity contribution >= 4 is 51.4 Å². The minimum Gasteiger partial charge on any atom is -0.493 e. The summed E-state index contributed by atoms with van der Waals surface area (Å²) >= 11 is 3.41. The maximum atomic E-state index is 13.2. The van der Waals surface area contributed by atoms with Crippen LogP contribution in [0, 0.1) is 5.82 Å². The Morgan fingerprint density at radius 3 is 2.51 bits per heavy atom. The van der Waals surface area contributed by atoms with Crippen molar-refractivity contribution in [3.63, 3.8) is 0 Å². The molecule has 0 bridgehead atoms. The molecule has 5 amide bonds. The molecule has 1 aliphatic heterocycles. The molecule has 11 heteroatoms. The number of carbonyl (C=O) groups excluding carboxylic acids is 4. The number of urea groups is 1. The summed E-state index contributed by atoms with van der Waals surface area (Å²) in [6.45, 7) is -0.347. The van der Waals surface area contributed by atoms with Crippen molar-refractivity contribution in [2.45, 2.75) is 38.1 Å². The number of hydrogen-bond donors (Lipinski definition) is 2. The van der Waals surface area contributed by atoms with Gasteiger partial charge in [0.2, 0.25) is 0 Å². The zero-order chi connectivity index (χ0) is 26.5. The van der Waals surface area contributed by atoms with E-state index in [1.165, 1.54) is 37.5 Å². The van der Waals surface area contributed by atoms with Gasteiger partial charge >= 0.3 is 6.03 Å². The second-order valence-corrected chi connectivity index (χ2v) is 9.51. The molecule has 1 saturated carbocycles. The van der Waals surface area contributed by atoms with E-state index >= 15 is 0 Å². The molecular formula is C26H25BrFN3O6. The van der Waals surface area contributed by atoms with Gasteiger partial charge in [-0.1, -0.05) is 35.2 Å². The number of nitrogens with one attached hydrogen (secondary N) is 2. The summed E-state index contributed by atoms with van der Waals surface area (Å²) in [5, 5.41) is 4.86. The summed E-state index contributed by atoms with van der Waals surface area (Å²) in [5.41, 5.74) is 0.693. The first-order valence-corrected chi connectivity index (χ1v) is 12.5. The summed E-state index contributed by atoms with van der Waals surface area (Å²) in [4.78, 5) is 51.5. The van der Waals surface area contributed by atoms with Crippen molar-refractivity contribution in [3.05, 3.63) is 57.8 Å². The Labute approximate surface area is 221 Å². The predicted octanol–water partition coefficient (Wildman–Crippen LogP) is 4.41. The summed E-state index contributed by atoms with van der Waals surface area (Å²) in [6.07, 6.45) is 5.69. The molecule has 0 radical (unpaired) electrons. The maximum Gasteiger partial charge on any atom is 0.331 e. The highest BCUT2D eigenvalue weighted by Gasteiger charge is 2.40. The molecule has 37 heavy (non-hydrogen) atoms. The second kappa shape index (κ2) is 11.5. The molecule has 1 heterocycles. The van der Waals surface area contributed by atoms with E-state index in [-0.39, 0.29) is 29.7 Å². The summed E-state index contributed by atoms with van der Waals surface area (Å²) in [7, 11) is 1.41. The van der Waals surface area contributed by atoms with Gasteiger partial charge in [0, 0.05) is 16.2 Å². The van der Waals surface area contributed by atoms with Crippen LogP contribution < -0.4 is 20.1 Å². The normalized spacial score (nSPS) is 17.5. The molecule has 0 spiro atoms. The quantitative estimate of drug-likeness (QED) is 0.374. The average molecular weight is 574 g/mol. The van der Waals surface area contributed by atoms with Crippen molar-refractivity contribution in [2.75, 3.05) is 19.0 Å². The third-order valence-corrected chi connectivity index (χ3v) is 6.83. The Morgan fingerprint density at radius 2 is 1.84 bits per heavy atom. The van der Waals surface area contributed by atoms with Crippen molar-refractivity contribution in [3.8, 4) is 11.5 Å². The minimum atomic E-state index is -0.772. The molecule has 2 fully saturated rings. The minimum absolute atomic E-state index is 0.166. The largest absolute Gasteiger partial charge is 0.493 e. The number of halogens is 2. The van der Waals surface area contributed by atoms with E-state index in [2.05, 4.69) is 26.6 Å². The average Bonchev–Trinajstić information content (AvgIpc) is 2.88. The third-order valence-electron chi connectivity index (χ3n) is 6.14. The number of nitrogens with zero attached hydrogens (tertiary/aromatic N) is 1. The fraction of sp³-hybridized carbons (Fsp3) is 0.308. The number of methoxy groups -OCH3 is 1. The Morgan fingerprint density at radius 1 is 1.14 bits per heavy atom. The van der Waals surface area contributed by atoms with Gasteiger partial charge in [0.25, 0.3) is 17.7 Å². The van der Waals surface area contributed by atoms with Gasteiger partial charge in [0.05, 0.1) is 7.11 Å². The van der Waals surface area contributed by atoms with E-state index in [9.17, 15) is 23.6 Å². The smallest absolute Gasteiger partial charge is 0.331 e. The van der Waals surface area contributed by atoms with Crippen molar-refractivity contribution in [1.29, 1.82) is 0 Å². The standard InChI is InChI=1S/C26H25BrFN3O6/c1-36-21-12-15(11-19-24(33)30-26(35)31(25(19)34)18-5-3-2-4-6-18)20(27)13-22(21)37-14-23(32)29-17-9-7-16(28)8-10-17/h7-13,18H,2-6,14H2,1H3,(H,29,32)(H,30,33,35). The van der Waals surface area contributed by atoms with Gasteiger partial charge in [-0.25, -0.2) is 9.18 Å². The number of anilines is 1. The Balaban J connectivity index is 1.51. The number of rotatable bonds is 7. The summed E-state index contributed by atoms with van der Waals surface area (Å²) in [6, 6.07) is 7.47. The van der Waals surface area contributed by atoms with Crippen LogP contribution in [0.1, 0.15) is 37.7 Å². The van der Waals surface area contributed by atoms with Crippen molar-refractivity contribution in [2.24, 2.45) is 0 Å². The predicted molar refractivity (Wildman–Crippen MR) is 136 cm³/mol. The molecule has 4 rings (SSSR count). The van der Waals surface area contributed by atoms with Crippen LogP contribution in [0.3, 0.4) is 0 Å². The number of hydrogen-bond acceptors (Lipinski definition) is 6. The number of carbonyl (C=O) groups is 4. The zero-order valence-electron chi connectivity index (χ0n) is 20.0. The lowest BCUT2D eigenvalue weighted by Gasteiger charge is -2.35. The van der Waals surface area contributed by atoms with E-state index in [4.69, 9.17) is 9.47 Å². The van der Waals surface area contributed by atoms with Gasteiger partial charge < -0.3 is 14.8 Å². The van der Waals surface area contributed by atoms with E-state index in [0.29, 0.717) is 28.6 Å². The lowest BCUT2D eigenvalue weighted by Crippen LogP contribution is -2.58. The molecule has 2 aromatic carbocycles. The highest BCUT2D eigenvalue weighted by Crippen LogP contribution is 2.35. The van der Waals surface area contributed by atoms with Crippen LogP contribution in [0.5, 0.6) is 11.5 Å². The van der Waals surface area contributed by atoms with Crippen LogP contribution in [0.2, 0.25) is 0 Å². The number of ether oxygens (including phenoxy) is 2. The lowest BCUT2D eigenvalue weighted by molar-refractivity contribution is -0.132. The first-order chi connectivity index (χ1) is 17.8. The highest BCUT2D eigenvalue weighted by molar-refractivity contribution is 9.10. The fourth-order valence-electron chi connectivity index (χ4n) is 4.30. The van der Waals surface area contributed by atoms with E-state index in [1.54, 1.807) is 12.1 Å². The molecule has 194 valence electrons. The molecular weight excluding hydrogens is 549 g/mol. The monoisotopic (exact) mass is 573 g/mol. The van der Waals surface area contributed by atoms with E-state index < -0.39 is 29.6 Å². The van der Waals surface area contributed by atoms with Crippen LogP contribution >= 0.6 is 15.9 Å². The topological polar surface area (TPSA) is 114 Å². The molecule has 2 aliphatic rings. The molecule has 2 aromatic rings. The van der Waals surface area contributed by atoms with Crippen molar-refractivity contribution < 1.29 is 33.0 Å². The molecule has 0 atom stereocenters. The number of barbiturate groups is 1. The molecule has 1 aliphatic carbocycles. The second-order valence-electron chi connectivity index (χ2n) is 8.65. The van der Waals surface area contributed by atoms with Gasteiger partial charge in [-0.2, -0.15) is 0 Å². The van der Waals surface area contributed by atoms with Gasteiger partial charge in [0.15, 0.2) is 18.1 Å². The Hall–Kier alpha value is -3.73. The third kappa shape index (κ3) is 6.16. The van der Waals surface area contributed by atoms with Crippen LogP contribution in [0.4, 0.5) is 14.9 Å². The van der Waals surface area contributed by atoms with Crippen molar-refractivity contribution in [1.82, 2.24) is 10.2 Å². The molecule has 2 N–H and O–H groups in total. The lowest BCUT2D eigenvalue weighted by atomic mass is 9.93. The van der Waals surface area contributed by atoms with Crippen LogP contribution in [0.15, 0.2) is 46.4 Å². The Bertz CT molecular complexity index is 1260.